The molecule has 126 valence electrons. The molecule has 6 heteroatoms. The molecule has 0 aliphatic rings. The molecule has 1 aromatic rings. The molecular weight excluding hydrogens is 296 g/mol. The molecule has 0 bridgehead atoms. The van der Waals surface area contributed by atoms with Gasteiger partial charge in [-0.25, -0.2) is 4.79 Å². The Balaban J connectivity index is 3.25. The van der Waals surface area contributed by atoms with Crippen LogP contribution in [0.25, 0.3) is 0 Å². The van der Waals surface area contributed by atoms with E-state index in [1.165, 1.54) is 28.0 Å². The predicted octanol–water partition coefficient (Wildman–Crippen LogP) is 2.35. The quantitative estimate of drug-likeness (QED) is 0.836. The van der Waals surface area contributed by atoms with E-state index in [0.29, 0.717) is 13.1 Å². The van der Waals surface area contributed by atoms with Gasteiger partial charge in [-0.05, 0) is 31.0 Å². The molecule has 0 aliphatic heterocycles. The second kappa shape index (κ2) is 8.31. The normalized spacial score (nSPS) is 10.3. The molecule has 1 aromatic carbocycles. The van der Waals surface area contributed by atoms with E-state index in [4.69, 9.17) is 0 Å². The second-order valence-corrected chi connectivity index (χ2v) is 5.56. The van der Waals surface area contributed by atoms with Gasteiger partial charge in [-0.3, -0.25) is 9.59 Å². The lowest BCUT2D eigenvalue weighted by atomic mass is 10.0. The van der Waals surface area contributed by atoms with Crippen molar-refractivity contribution in [2.75, 3.05) is 27.2 Å². The van der Waals surface area contributed by atoms with Gasteiger partial charge in [0.05, 0.1) is 5.56 Å². The molecule has 0 spiro atoms. The van der Waals surface area contributed by atoms with E-state index in [0.717, 1.165) is 12.8 Å². The van der Waals surface area contributed by atoms with Crippen LogP contribution in [0.2, 0.25) is 0 Å². The first-order chi connectivity index (χ1) is 10.8. The lowest BCUT2D eigenvalue weighted by Crippen LogP contribution is -2.30. The summed E-state index contributed by atoms with van der Waals surface area (Å²) in [4.78, 5) is 39.1. The third kappa shape index (κ3) is 4.81. The van der Waals surface area contributed by atoms with E-state index in [9.17, 15) is 19.5 Å². The van der Waals surface area contributed by atoms with Gasteiger partial charge in [-0.2, -0.15) is 0 Å². The Labute approximate surface area is 136 Å². The Morgan fingerprint density at radius 2 is 1.17 bits per heavy atom. The summed E-state index contributed by atoms with van der Waals surface area (Å²) in [6.45, 7) is 5.03. The lowest BCUT2D eigenvalue weighted by molar-refractivity contribution is 0.0697. The topological polar surface area (TPSA) is 77.9 Å². The van der Waals surface area contributed by atoms with E-state index in [-0.39, 0.29) is 28.5 Å². The monoisotopic (exact) mass is 320 g/mol. The first kappa shape index (κ1) is 18.7. The molecule has 6 nitrogen and oxygen atoms in total. The minimum atomic E-state index is -1.16. The highest BCUT2D eigenvalue weighted by atomic mass is 16.4. The fourth-order valence-corrected chi connectivity index (χ4v) is 2.31. The zero-order chi connectivity index (χ0) is 17.6. The molecule has 0 heterocycles. The fraction of sp³-hybridized carbons (Fsp3) is 0.471. The number of aromatic carboxylic acids is 1. The summed E-state index contributed by atoms with van der Waals surface area (Å²) < 4.78 is 0. The van der Waals surface area contributed by atoms with Gasteiger partial charge in [0.1, 0.15) is 0 Å². The van der Waals surface area contributed by atoms with E-state index in [2.05, 4.69) is 0 Å². The van der Waals surface area contributed by atoms with Crippen LogP contribution in [0.4, 0.5) is 0 Å². The van der Waals surface area contributed by atoms with Gasteiger partial charge < -0.3 is 14.9 Å². The van der Waals surface area contributed by atoms with Crippen molar-refractivity contribution < 1.29 is 19.5 Å². The molecule has 2 amide bonds. The van der Waals surface area contributed by atoms with Crippen LogP contribution in [0.1, 0.15) is 57.8 Å². The van der Waals surface area contributed by atoms with Gasteiger partial charge in [0.15, 0.2) is 0 Å². The highest BCUT2D eigenvalue weighted by molar-refractivity contribution is 6.03. The highest BCUT2D eigenvalue weighted by Gasteiger charge is 2.19. The molecule has 0 aromatic heterocycles. The third-order valence-corrected chi connectivity index (χ3v) is 3.49. The summed E-state index contributed by atoms with van der Waals surface area (Å²) >= 11 is 0. The summed E-state index contributed by atoms with van der Waals surface area (Å²) in [5, 5.41) is 9.23. The van der Waals surface area contributed by atoms with Gasteiger partial charge in [0.2, 0.25) is 0 Å². The zero-order valence-corrected chi connectivity index (χ0v) is 14.1. The standard InChI is InChI=1S/C17H24N2O4/c1-5-7-18(3)15(20)12-9-13(11-14(10-12)17(22)23)16(21)19(4)8-6-2/h9-11H,5-8H2,1-4H3,(H,22,23). The molecule has 1 rings (SSSR count). The van der Waals surface area contributed by atoms with Crippen molar-refractivity contribution in [3.05, 3.63) is 34.9 Å². The number of amides is 2. The van der Waals surface area contributed by atoms with Crippen LogP contribution in [0.3, 0.4) is 0 Å². The van der Waals surface area contributed by atoms with E-state index in [1.54, 1.807) is 14.1 Å². The average Bonchev–Trinajstić information content (AvgIpc) is 2.53. The Morgan fingerprint density at radius 3 is 1.48 bits per heavy atom. The summed E-state index contributed by atoms with van der Waals surface area (Å²) in [6.07, 6.45) is 1.60. The first-order valence-electron chi connectivity index (χ1n) is 7.71. The van der Waals surface area contributed by atoms with Crippen LogP contribution in [0.5, 0.6) is 0 Å². The largest absolute Gasteiger partial charge is 0.478 e. The van der Waals surface area contributed by atoms with Crippen LogP contribution in [0, 0.1) is 0 Å². The maximum atomic E-state index is 12.4. The molecule has 0 saturated heterocycles. The number of benzene rings is 1. The Hall–Kier alpha value is -2.37. The lowest BCUT2D eigenvalue weighted by Gasteiger charge is -2.19. The maximum absolute atomic E-state index is 12.4. The maximum Gasteiger partial charge on any atom is 0.335 e. The smallest absolute Gasteiger partial charge is 0.335 e. The zero-order valence-electron chi connectivity index (χ0n) is 14.1. The van der Waals surface area contributed by atoms with Crippen molar-refractivity contribution in [2.45, 2.75) is 26.7 Å². The van der Waals surface area contributed by atoms with E-state index >= 15 is 0 Å². The number of carboxylic acid groups (broad SMARTS) is 1. The summed E-state index contributed by atoms with van der Waals surface area (Å²) in [5.74, 6) is -1.74. The summed E-state index contributed by atoms with van der Waals surface area (Å²) in [6, 6.07) is 4.09. The van der Waals surface area contributed by atoms with Gasteiger partial charge in [-0.1, -0.05) is 13.8 Å². The van der Waals surface area contributed by atoms with E-state index in [1.807, 2.05) is 13.8 Å². The van der Waals surface area contributed by atoms with Crippen molar-refractivity contribution in [3.63, 3.8) is 0 Å². The number of hydrogen-bond acceptors (Lipinski definition) is 3. The number of carbonyl (C=O) groups is 3. The van der Waals surface area contributed by atoms with Crippen molar-refractivity contribution in [2.24, 2.45) is 0 Å². The Bertz CT molecular complexity index is 556. The number of hydrogen-bond donors (Lipinski definition) is 1. The summed E-state index contributed by atoms with van der Waals surface area (Å²) in [7, 11) is 3.31. The molecular formula is C17H24N2O4. The molecule has 0 unspecified atom stereocenters. The van der Waals surface area contributed by atoms with Crippen LogP contribution < -0.4 is 0 Å². The van der Waals surface area contributed by atoms with Crippen molar-refractivity contribution in [1.82, 2.24) is 9.80 Å². The van der Waals surface area contributed by atoms with Crippen LogP contribution in [0.15, 0.2) is 18.2 Å². The Morgan fingerprint density at radius 1 is 0.826 bits per heavy atom. The van der Waals surface area contributed by atoms with Gasteiger partial charge in [0, 0.05) is 38.3 Å². The fourth-order valence-electron chi connectivity index (χ4n) is 2.31. The first-order valence-corrected chi connectivity index (χ1v) is 7.71. The molecule has 0 radical (unpaired) electrons. The number of rotatable bonds is 7. The van der Waals surface area contributed by atoms with Gasteiger partial charge >= 0.3 is 5.97 Å². The van der Waals surface area contributed by atoms with Crippen LogP contribution in [-0.4, -0.2) is 59.9 Å². The highest BCUT2D eigenvalue weighted by Crippen LogP contribution is 2.15. The molecule has 0 aliphatic carbocycles. The van der Waals surface area contributed by atoms with Crippen molar-refractivity contribution >= 4 is 17.8 Å². The molecule has 0 fully saturated rings. The van der Waals surface area contributed by atoms with Crippen molar-refractivity contribution in [1.29, 1.82) is 0 Å². The third-order valence-electron chi connectivity index (χ3n) is 3.49. The second-order valence-electron chi connectivity index (χ2n) is 5.56. The molecule has 0 saturated carbocycles. The van der Waals surface area contributed by atoms with Crippen LogP contribution in [-0.2, 0) is 0 Å². The number of carbonyl (C=O) groups excluding carboxylic acids is 2. The molecule has 23 heavy (non-hydrogen) atoms. The minimum Gasteiger partial charge on any atom is -0.478 e. The molecule has 0 atom stereocenters. The van der Waals surface area contributed by atoms with Crippen molar-refractivity contribution in [3.8, 4) is 0 Å². The number of nitrogens with zero attached hydrogens (tertiary/aromatic N) is 2. The predicted molar refractivity (Wildman–Crippen MR) is 87.9 cm³/mol. The van der Waals surface area contributed by atoms with E-state index < -0.39 is 5.97 Å². The Kier molecular flexibility index (Phi) is 6.75. The van der Waals surface area contributed by atoms with Gasteiger partial charge in [0.25, 0.3) is 11.8 Å². The van der Waals surface area contributed by atoms with Crippen LogP contribution >= 0.6 is 0 Å². The minimum absolute atomic E-state index is 0.0611. The average molecular weight is 320 g/mol. The SMILES string of the molecule is CCCN(C)C(=O)c1cc(C(=O)O)cc(C(=O)N(C)CCC)c1. The number of carboxylic acids is 1. The molecule has 1 N–H and O–H groups in total. The summed E-state index contributed by atoms with van der Waals surface area (Å²) in [5.41, 5.74) is 0.372. The van der Waals surface area contributed by atoms with Gasteiger partial charge in [-0.15, -0.1) is 0 Å².